The zero-order valence-electron chi connectivity index (χ0n) is 8.92. The average Bonchev–Trinajstić information content (AvgIpc) is 2.19. The Morgan fingerprint density at radius 3 is 2.64 bits per heavy atom. The number of nitrogens with one attached hydrogen (secondary N) is 1. The molecule has 2 rings (SSSR count). The molecule has 0 amide bonds. The average molecular weight is 216 g/mol. The summed E-state index contributed by atoms with van der Waals surface area (Å²) >= 11 is 0. The molecule has 1 atom stereocenters. The number of piperazine rings is 1. The van der Waals surface area contributed by atoms with Gasteiger partial charge in [0, 0.05) is 31.4 Å². The number of hydrogen-bond acceptors (Lipinski definition) is 2. The lowest BCUT2D eigenvalue weighted by Crippen LogP contribution is -2.62. The molecule has 0 aromatic heterocycles. The fourth-order valence-electron chi connectivity index (χ4n) is 2.86. The molecule has 3 nitrogen and oxygen atoms in total. The number of nitrogens with zero attached hydrogens (tertiary/aromatic N) is 1. The van der Waals surface area contributed by atoms with Gasteiger partial charge in [-0.15, -0.1) is 0 Å². The van der Waals surface area contributed by atoms with Crippen molar-refractivity contribution in [2.75, 3.05) is 25.9 Å². The van der Waals surface area contributed by atoms with Gasteiger partial charge in [-0.25, -0.2) is 8.51 Å². The van der Waals surface area contributed by atoms with Crippen LogP contribution in [0.1, 0.15) is 32.1 Å². The molecule has 1 unspecified atom stereocenters. The van der Waals surface area contributed by atoms with Gasteiger partial charge in [0.15, 0.2) is 0 Å². The van der Waals surface area contributed by atoms with Crippen molar-refractivity contribution < 1.29 is 4.21 Å². The largest absolute Gasteiger partial charge is 0.314 e. The second-order valence-corrected chi connectivity index (χ2v) is 5.78. The van der Waals surface area contributed by atoms with Gasteiger partial charge in [0.05, 0.1) is 11.0 Å². The molecule has 1 spiro atoms. The first kappa shape index (κ1) is 10.6. The van der Waals surface area contributed by atoms with Crippen LogP contribution in [0.3, 0.4) is 0 Å². The summed E-state index contributed by atoms with van der Waals surface area (Å²) < 4.78 is 13.9. The van der Waals surface area contributed by atoms with E-state index in [1.54, 1.807) is 0 Å². The van der Waals surface area contributed by atoms with E-state index >= 15 is 0 Å². The van der Waals surface area contributed by atoms with E-state index in [1.165, 1.54) is 32.1 Å². The first-order valence-corrected chi connectivity index (χ1v) is 7.08. The molecule has 0 bridgehead atoms. The van der Waals surface area contributed by atoms with Gasteiger partial charge in [-0.3, -0.25) is 0 Å². The second kappa shape index (κ2) is 4.29. The Hall–Kier alpha value is 0.0700. The highest BCUT2D eigenvalue weighted by atomic mass is 32.2. The number of rotatable bonds is 1. The van der Waals surface area contributed by atoms with Crippen LogP contribution in [0.5, 0.6) is 0 Å². The molecule has 1 aliphatic heterocycles. The Labute approximate surface area is 88.8 Å². The van der Waals surface area contributed by atoms with E-state index in [-0.39, 0.29) is 5.54 Å². The van der Waals surface area contributed by atoms with Crippen molar-refractivity contribution in [2.45, 2.75) is 37.6 Å². The van der Waals surface area contributed by atoms with Gasteiger partial charge in [-0.1, -0.05) is 19.3 Å². The molecule has 1 aliphatic carbocycles. The highest BCUT2D eigenvalue weighted by Gasteiger charge is 2.41. The van der Waals surface area contributed by atoms with Gasteiger partial charge in [-0.2, -0.15) is 0 Å². The fourth-order valence-corrected chi connectivity index (χ4v) is 4.01. The smallest absolute Gasteiger partial charge is 0.0916 e. The normalized spacial score (nSPS) is 30.4. The minimum absolute atomic E-state index is 0.218. The standard InChI is InChI=1S/C10H20N2OS/c1-14(13)12-8-7-11-9-10(12)5-3-2-4-6-10/h11H,2-9H2,1H3. The number of hydrogen-bond donors (Lipinski definition) is 1. The summed E-state index contributed by atoms with van der Waals surface area (Å²) in [5, 5.41) is 3.45. The maximum absolute atomic E-state index is 11.7. The van der Waals surface area contributed by atoms with E-state index < -0.39 is 11.0 Å². The molecule has 0 aromatic carbocycles. The Bertz CT molecular complexity index is 218. The van der Waals surface area contributed by atoms with Crippen molar-refractivity contribution in [3.05, 3.63) is 0 Å². The molecular weight excluding hydrogens is 196 g/mol. The van der Waals surface area contributed by atoms with E-state index in [9.17, 15) is 4.21 Å². The van der Waals surface area contributed by atoms with Crippen LogP contribution in [-0.4, -0.2) is 39.9 Å². The van der Waals surface area contributed by atoms with Gasteiger partial charge in [0.2, 0.25) is 0 Å². The van der Waals surface area contributed by atoms with Crippen molar-refractivity contribution in [1.82, 2.24) is 9.62 Å². The zero-order chi connectivity index (χ0) is 10.0. The lowest BCUT2D eigenvalue weighted by atomic mass is 9.80. The summed E-state index contributed by atoms with van der Waals surface area (Å²) in [4.78, 5) is 0. The van der Waals surface area contributed by atoms with Crippen molar-refractivity contribution in [2.24, 2.45) is 0 Å². The lowest BCUT2D eigenvalue weighted by Gasteiger charge is -2.48. The van der Waals surface area contributed by atoms with E-state index in [0.717, 1.165) is 19.6 Å². The highest BCUT2D eigenvalue weighted by molar-refractivity contribution is 7.81. The maximum Gasteiger partial charge on any atom is 0.0916 e. The van der Waals surface area contributed by atoms with Crippen molar-refractivity contribution in [3.8, 4) is 0 Å². The first-order valence-electron chi connectivity index (χ1n) is 5.57. The summed E-state index contributed by atoms with van der Waals surface area (Å²) in [5.74, 6) is 0. The van der Waals surface area contributed by atoms with Gasteiger partial charge in [0.25, 0.3) is 0 Å². The lowest BCUT2D eigenvalue weighted by molar-refractivity contribution is 0.107. The van der Waals surface area contributed by atoms with Crippen LogP contribution < -0.4 is 5.32 Å². The third-order valence-electron chi connectivity index (χ3n) is 3.57. The predicted molar refractivity (Wildman–Crippen MR) is 59.5 cm³/mol. The Morgan fingerprint density at radius 2 is 2.00 bits per heavy atom. The van der Waals surface area contributed by atoms with Crippen molar-refractivity contribution >= 4 is 11.0 Å². The molecule has 1 saturated heterocycles. The van der Waals surface area contributed by atoms with Gasteiger partial charge in [-0.05, 0) is 12.8 Å². The van der Waals surface area contributed by atoms with Gasteiger partial charge < -0.3 is 5.32 Å². The molecule has 1 N–H and O–H groups in total. The summed E-state index contributed by atoms with van der Waals surface area (Å²) in [6, 6.07) is 0. The van der Waals surface area contributed by atoms with Crippen LogP contribution in [0.25, 0.3) is 0 Å². The van der Waals surface area contributed by atoms with Crippen LogP contribution in [-0.2, 0) is 11.0 Å². The van der Waals surface area contributed by atoms with Gasteiger partial charge in [0.1, 0.15) is 0 Å². The molecule has 0 aromatic rings. The first-order chi connectivity index (χ1) is 6.75. The van der Waals surface area contributed by atoms with E-state index in [4.69, 9.17) is 0 Å². The Kier molecular flexibility index (Phi) is 3.24. The molecule has 14 heavy (non-hydrogen) atoms. The molecule has 2 aliphatic rings. The van der Waals surface area contributed by atoms with Crippen molar-refractivity contribution in [3.63, 3.8) is 0 Å². The summed E-state index contributed by atoms with van der Waals surface area (Å²) in [6.07, 6.45) is 8.22. The Morgan fingerprint density at radius 1 is 1.29 bits per heavy atom. The second-order valence-electron chi connectivity index (χ2n) is 4.49. The highest BCUT2D eigenvalue weighted by Crippen LogP contribution is 2.35. The van der Waals surface area contributed by atoms with E-state index in [2.05, 4.69) is 9.62 Å². The summed E-state index contributed by atoms with van der Waals surface area (Å²) in [7, 11) is -0.796. The van der Waals surface area contributed by atoms with E-state index in [0.29, 0.717) is 0 Å². The van der Waals surface area contributed by atoms with Gasteiger partial charge >= 0.3 is 0 Å². The van der Waals surface area contributed by atoms with Crippen LogP contribution in [0.4, 0.5) is 0 Å². The third kappa shape index (κ3) is 1.88. The van der Waals surface area contributed by atoms with Crippen LogP contribution >= 0.6 is 0 Å². The summed E-state index contributed by atoms with van der Waals surface area (Å²) in [6.45, 7) is 2.97. The third-order valence-corrected chi connectivity index (χ3v) is 4.76. The quantitative estimate of drug-likeness (QED) is 0.706. The SMILES string of the molecule is CS(=O)N1CCNCC12CCCCC2. The molecular formula is C10H20N2OS. The topological polar surface area (TPSA) is 32.3 Å². The molecule has 0 radical (unpaired) electrons. The monoisotopic (exact) mass is 216 g/mol. The zero-order valence-corrected chi connectivity index (χ0v) is 9.74. The van der Waals surface area contributed by atoms with Crippen LogP contribution in [0.2, 0.25) is 0 Å². The molecule has 1 saturated carbocycles. The minimum Gasteiger partial charge on any atom is -0.314 e. The van der Waals surface area contributed by atoms with Crippen LogP contribution in [0, 0.1) is 0 Å². The van der Waals surface area contributed by atoms with Crippen LogP contribution in [0.15, 0.2) is 0 Å². The molecule has 1 heterocycles. The fraction of sp³-hybridized carbons (Fsp3) is 1.00. The molecule has 82 valence electrons. The minimum atomic E-state index is -0.796. The predicted octanol–water partition coefficient (Wildman–Crippen LogP) is 0.888. The van der Waals surface area contributed by atoms with Crippen molar-refractivity contribution in [1.29, 1.82) is 0 Å². The molecule has 4 heteroatoms. The molecule has 2 fully saturated rings. The van der Waals surface area contributed by atoms with E-state index in [1.807, 2.05) is 6.26 Å². The summed E-state index contributed by atoms with van der Waals surface area (Å²) in [5.41, 5.74) is 0.218. The Balaban J connectivity index is 2.14. The maximum atomic E-state index is 11.7.